The van der Waals surface area contributed by atoms with Gasteiger partial charge < -0.3 is 14.5 Å². The number of nitrogens with one attached hydrogen (secondary N) is 1. The SMILES string of the molecule is COCCNC(=O)[C@@H]1CN(Cc2ccc(C)o2)Cc2ccnn2C1. The van der Waals surface area contributed by atoms with Gasteiger partial charge in [0.25, 0.3) is 0 Å². The summed E-state index contributed by atoms with van der Waals surface area (Å²) in [6.07, 6.45) is 1.79. The second-order valence-corrected chi connectivity index (χ2v) is 6.17. The number of carbonyl (C=O) groups excluding carboxylic acids is 1. The maximum Gasteiger partial charge on any atom is 0.226 e. The molecule has 2 aromatic heterocycles. The van der Waals surface area contributed by atoms with Gasteiger partial charge in [-0.1, -0.05) is 0 Å². The van der Waals surface area contributed by atoms with Crippen LogP contribution in [0.1, 0.15) is 17.2 Å². The minimum Gasteiger partial charge on any atom is -0.465 e. The molecule has 0 spiro atoms. The van der Waals surface area contributed by atoms with Crippen LogP contribution in [-0.4, -0.2) is 47.4 Å². The summed E-state index contributed by atoms with van der Waals surface area (Å²) in [5.41, 5.74) is 1.12. The standard InChI is InChI=1S/C17H24N4O3/c1-13-3-4-16(24-13)12-20-9-14(17(22)18-7-8-23-2)10-21-15(11-20)5-6-19-21/h3-6,14H,7-12H2,1-2H3,(H,18,22)/t14-/m1/s1. The summed E-state index contributed by atoms with van der Waals surface area (Å²) in [6, 6.07) is 5.96. The number of methoxy groups -OCH3 is 1. The zero-order valence-electron chi connectivity index (χ0n) is 14.2. The first-order valence-corrected chi connectivity index (χ1v) is 8.20. The third-order valence-electron chi connectivity index (χ3n) is 4.21. The van der Waals surface area contributed by atoms with Crippen molar-refractivity contribution in [3.05, 3.63) is 41.6 Å². The summed E-state index contributed by atoms with van der Waals surface area (Å²) < 4.78 is 12.6. The molecule has 1 N–H and O–H groups in total. The quantitative estimate of drug-likeness (QED) is 0.804. The molecule has 0 aliphatic carbocycles. The fourth-order valence-electron chi connectivity index (χ4n) is 3.03. The zero-order chi connectivity index (χ0) is 16.9. The molecule has 0 unspecified atom stereocenters. The first-order valence-electron chi connectivity index (χ1n) is 8.20. The lowest BCUT2D eigenvalue weighted by Gasteiger charge is -2.22. The van der Waals surface area contributed by atoms with E-state index in [1.165, 1.54) is 0 Å². The molecule has 1 aliphatic heterocycles. The molecule has 3 rings (SSSR count). The van der Waals surface area contributed by atoms with E-state index in [9.17, 15) is 4.79 Å². The van der Waals surface area contributed by atoms with Gasteiger partial charge in [-0.25, -0.2) is 0 Å². The Morgan fingerprint density at radius 1 is 1.42 bits per heavy atom. The Hall–Kier alpha value is -2.12. The van der Waals surface area contributed by atoms with E-state index >= 15 is 0 Å². The predicted molar refractivity (Wildman–Crippen MR) is 88.2 cm³/mol. The number of hydrogen-bond donors (Lipinski definition) is 1. The van der Waals surface area contributed by atoms with E-state index in [0.29, 0.717) is 32.8 Å². The predicted octanol–water partition coefficient (Wildman–Crippen LogP) is 1.18. The minimum atomic E-state index is -0.154. The number of ether oxygens (including phenoxy) is 1. The van der Waals surface area contributed by atoms with Gasteiger partial charge in [0.15, 0.2) is 0 Å². The maximum atomic E-state index is 12.5. The normalized spacial score (nSPS) is 18.2. The van der Waals surface area contributed by atoms with E-state index in [1.54, 1.807) is 13.3 Å². The molecule has 0 saturated carbocycles. The van der Waals surface area contributed by atoms with Crippen molar-refractivity contribution in [1.29, 1.82) is 0 Å². The van der Waals surface area contributed by atoms with Crippen molar-refractivity contribution in [2.45, 2.75) is 26.6 Å². The Labute approximate surface area is 141 Å². The van der Waals surface area contributed by atoms with E-state index in [1.807, 2.05) is 29.8 Å². The Balaban J connectivity index is 1.71. The number of rotatable bonds is 6. The highest BCUT2D eigenvalue weighted by molar-refractivity contribution is 5.78. The Morgan fingerprint density at radius 3 is 3.04 bits per heavy atom. The highest BCUT2D eigenvalue weighted by Gasteiger charge is 2.27. The summed E-state index contributed by atoms with van der Waals surface area (Å²) >= 11 is 0. The van der Waals surface area contributed by atoms with Crippen LogP contribution >= 0.6 is 0 Å². The van der Waals surface area contributed by atoms with Gasteiger partial charge in [-0.2, -0.15) is 5.10 Å². The molecule has 0 saturated heterocycles. The monoisotopic (exact) mass is 332 g/mol. The molecule has 2 aromatic rings. The van der Waals surface area contributed by atoms with Gasteiger partial charge in [0, 0.05) is 32.9 Å². The summed E-state index contributed by atoms with van der Waals surface area (Å²) in [4.78, 5) is 14.7. The van der Waals surface area contributed by atoms with Crippen molar-refractivity contribution in [2.75, 3.05) is 26.8 Å². The molecule has 0 fully saturated rings. The van der Waals surface area contributed by atoms with Gasteiger partial charge in [0.1, 0.15) is 11.5 Å². The van der Waals surface area contributed by atoms with E-state index < -0.39 is 0 Å². The number of furan rings is 1. The molecule has 130 valence electrons. The largest absolute Gasteiger partial charge is 0.465 e. The Kier molecular flexibility index (Phi) is 5.32. The fourth-order valence-corrected chi connectivity index (χ4v) is 3.03. The van der Waals surface area contributed by atoms with Crippen LogP contribution in [-0.2, 0) is 29.2 Å². The highest BCUT2D eigenvalue weighted by atomic mass is 16.5. The lowest BCUT2D eigenvalue weighted by atomic mass is 10.1. The molecule has 7 nitrogen and oxygen atoms in total. The number of hydrogen-bond acceptors (Lipinski definition) is 5. The first-order chi connectivity index (χ1) is 11.7. The lowest BCUT2D eigenvalue weighted by Crippen LogP contribution is -2.40. The van der Waals surface area contributed by atoms with Crippen LogP contribution in [0, 0.1) is 12.8 Å². The van der Waals surface area contributed by atoms with Crippen molar-refractivity contribution < 1.29 is 13.9 Å². The average Bonchev–Trinajstić information content (AvgIpc) is 3.12. The molecule has 1 aliphatic rings. The van der Waals surface area contributed by atoms with Gasteiger partial charge in [-0.3, -0.25) is 14.4 Å². The third kappa shape index (κ3) is 4.04. The smallest absolute Gasteiger partial charge is 0.226 e. The van der Waals surface area contributed by atoms with Crippen molar-refractivity contribution in [1.82, 2.24) is 20.0 Å². The highest BCUT2D eigenvalue weighted by Crippen LogP contribution is 2.19. The molecular formula is C17H24N4O3. The summed E-state index contributed by atoms with van der Waals surface area (Å²) in [5.74, 6) is 1.70. The summed E-state index contributed by atoms with van der Waals surface area (Å²) in [5, 5.41) is 7.29. The van der Waals surface area contributed by atoms with Crippen molar-refractivity contribution in [3.8, 4) is 0 Å². The van der Waals surface area contributed by atoms with Gasteiger partial charge in [-0.05, 0) is 25.1 Å². The molecule has 3 heterocycles. The molecule has 0 bridgehead atoms. The first kappa shape index (κ1) is 16.7. The molecule has 1 atom stereocenters. The third-order valence-corrected chi connectivity index (χ3v) is 4.21. The van der Waals surface area contributed by atoms with Crippen LogP contribution in [0.15, 0.2) is 28.8 Å². The van der Waals surface area contributed by atoms with Crippen LogP contribution in [0.5, 0.6) is 0 Å². The number of aromatic nitrogens is 2. The number of aryl methyl sites for hydroxylation is 1. The minimum absolute atomic E-state index is 0.0380. The van der Waals surface area contributed by atoms with Crippen LogP contribution in [0.25, 0.3) is 0 Å². The summed E-state index contributed by atoms with van der Waals surface area (Å²) in [7, 11) is 1.63. The van der Waals surface area contributed by atoms with E-state index in [4.69, 9.17) is 9.15 Å². The molecular weight excluding hydrogens is 308 g/mol. The summed E-state index contributed by atoms with van der Waals surface area (Å²) in [6.45, 7) is 5.67. The second kappa shape index (κ2) is 7.63. The number of fused-ring (bicyclic) bond motifs is 1. The molecule has 0 radical (unpaired) electrons. The zero-order valence-corrected chi connectivity index (χ0v) is 14.2. The second-order valence-electron chi connectivity index (χ2n) is 6.17. The van der Waals surface area contributed by atoms with E-state index in [-0.39, 0.29) is 11.8 Å². The Bertz CT molecular complexity index is 679. The van der Waals surface area contributed by atoms with E-state index in [0.717, 1.165) is 23.8 Å². The van der Waals surface area contributed by atoms with Crippen LogP contribution in [0.2, 0.25) is 0 Å². The molecule has 24 heavy (non-hydrogen) atoms. The van der Waals surface area contributed by atoms with Gasteiger partial charge in [-0.15, -0.1) is 0 Å². The maximum absolute atomic E-state index is 12.5. The van der Waals surface area contributed by atoms with E-state index in [2.05, 4.69) is 15.3 Å². The van der Waals surface area contributed by atoms with Crippen LogP contribution in [0.4, 0.5) is 0 Å². The fraction of sp³-hybridized carbons (Fsp3) is 0.529. The van der Waals surface area contributed by atoms with Gasteiger partial charge in [0.05, 0.1) is 31.3 Å². The molecule has 1 amide bonds. The Morgan fingerprint density at radius 2 is 2.29 bits per heavy atom. The van der Waals surface area contributed by atoms with Crippen molar-refractivity contribution >= 4 is 5.91 Å². The number of nitrogens with zero attached hydrogens (tertiary/aromatic N) is 3. The molecule has 0 aromatic carbocycles. The van der Waals surface area contributed by atoms with Gasteiger partial charge in [0.2, 0.25) is 5.91 Å². The topological polar surface area (TPSA) is 72.5 Å². The van der Waals surface area contributed by atoms with Crippen LogP contribution < -0.4 is 5.32 Å². The van der Waals surface area contributed by atoms with Crippen molar-refractivity contribution in [2.24, 2.45) is 5.92 Å². The molecule has 7 heteroatoms. The van der Waals surface area contributed by atoms with Gasteiger partial charge >= 0.3 is 0 Å². The average molecular weight is 332 g/mol. The van der Waals surface area contributed by atoms with Crippen LogP contribution in [0.3, 0.4) is 0 Å². The lowest BCUT2D eigenvalue weighted by molar-refractivity contribution is -0.126. The number of amides is 1. The van der Waals surface area contributed by atoms with Crippen molar-refractivity contribution in [3.63, 3.8) is 0 Å². The number of carbonyl (C=O) groups is 1.